The molecule has 0 radical (unpaired) electrons. The number of nitro groups is 1. The third-order valence-corrected chi connectivity index (χ3v) is 4.83. The van der Waals surface area contributed by atoms with Gasteiger partial charge in [0.2, 0.25) is 0 Å². The molecule has 2 aliphatic rings. The van der Waals surface area contributed by atoms with Gasteiger partial charge < -0.3 is 10.4 Å². The van der Waals surface area contributed by atoms with E-state index in [2.05, 4.69) is 10.2 Å². The van der Waals surface area contributed by atoms with Gasteiger partial charge in [-0.3, -0.25) is 15.0 Å². The Labute approximate surface area is 134 Å². The molecule has 22 heavy (non-hydrogen) atoms. The van der Waals surface area contributed by atoms with Crippen LogP contribution in [0.1, 0.15) is 30.9 Å². The van der Waals surface area contributed by atoms with Gasteiger partial charge in [-0.1, -0.05) is 24.4 Å². The monoisotopic (exact) mass is 325 g/mol. The van der Waals surface area contributed by atoms with Crippen molar-refractivity contribution in [3.8, 4) is 5.75 Å². The Morgan fingerprint density at radius 3 is 2.68 bits per heavy atom. The summed E-state index contributed by atoms with van der Waals surface area (Å²) in [6.45, 7) is 3.35. The van der Waals surface area contributed by atoms with E-state index in [-0.39, 0.29) is 22.5 Å². The molecule has 1 atom stereocenters. The van der Waals surface area contributed by atoms with E-state index < -0.39 is 4.92 Å². The minimum atomic E-state index is -0.423. The van der Waals surface area contributed by atoms with E-state index in [1.807, 2.05) is 0 Å². The highest BCUT2D eigenvalue weighted by Gasteiger charge is 2.36. The smallest absolute Gasteiger partial charge is 0.278 e. The van der Waals surface area contributed by atoms with E-state index in [1.165, 1.54) is 12.1 Å². The predicted molar refractivity (Wildman–Crippen MR) is 84.3 cm³/mol. The highest BCUT2D eigenvalue weighted by molar-refractivity contribution is 6.32. The number of benzene rings is 1. The second-order valence-electron chi connectivity index (χ2n) is 6.07. The zero-order valence-electron chi connectivity index (χ0n) is 12.3. The fourth-order valence-corrected chi connectivity index (χ4v) is 3.34. The Hall–Kier alpha value is -1.37. The third kappa shape index (κ3) is 3.19. The Bertz CT molecular complexity index is 571. The fourth-order valence-electron chi connectivity index (χ4n) is 3.17. The number of nitrogens with zero attached hydrogens (tertiary/aromatic N) is 2. The van der Waals surface area contributed by atoms with E-state index >= 15 is 0 Å². The number of nitro benzene ring substituents is 1. The fraction of sp³-hybridized carbons (Fsp3) is 0.600. The van der Waals surface area contributed by atoms with Crippen LogP contribution in [0.25, 0.3) is 0 Å². The van der Waals surface area contributed by atoms with Crippen molar-refractivity contribution in [3.63, 3.8) is 0 Å². The lowest BCUT2D eigenvalue weighted by molar-refractivity contribution is -0.386. The first kappa shape index (κ1) is 15.5. The zero-order valence-corrected chi connectivity index (χ0v) is 13.1. The van der Waals surface area contributed by atoms with Gasteiger partial charge in [0.1, 0.15) is 5.75 Å². The first-order valence-corrected chi connectivity index (χ1v) is 8.06. The molecule has 0 amide bonds. The van der Waals surface area contributed by atoms with Gasteiger partial charge in [0.25, 0.3) is 5.69 Å². The minimum Gasteiger partial charge on any atom is -0.506 e. The van der Waals surface area contributed by atoms with Crippen LogP contribution >= 0.6 is 11.6 Å². The molecule has 0 bridgehead atoms. The number of phenolic OH excluding ortho intramolecular Hbond substituents is 1. The Morgan fingerprint density at radius 1 is 1.41 bits per heavy atom. The van der Waals surface area contributed by atoms with Gasteiger partial charge in [-0.2, -0.15) is 0 Å². The molecule has 1 saturated heterocycles. The van der Waals surface area contributed by atoms with Gasteiger partial charge in [-0.25, -0.2) is 0 Å². The summed E-state index contributed by atoms with van der Waals surface area (Å²) in [7, 11) is 0. The van der Waals surface area contributed by atoms with Crippen molar-refractivity contribution in [1.82, 2.24) is 10.2 Å². The standard InChI is InChI=1S/C15H20ClN3O3/c16-11-3-4-12(19(21)22)14(15(11)20)13(9-10-1-2-10)18-7-5-17-6-8-18/h3-4,10,13,17,20H,1-2,5-9H2/t13-/m0/s1. The first-order chi connectivity index (χ1) is 10.6. The van der Waals surface area contributed by atoms with Crippen molar-refractivity contribution < 1.29 is 10.0 Å². The molecule has 3 rings (SSSR count). The highest BCUT2D eigenvalue weighted by Crippen LogP contribution is 2.47. The lowest BCUT2D eigenvalue weighted by atomic mass is 9.96. The Balaban J connectivity index is 2.01. The molecule has 0 spiro atoms. The van der Waals surface area contributed by atoms with E-state index in [9.17, 15) is 15.2 Å². The SMILES string of the molecule is O=[N+]([O-])c1ccc(Cl)c(O)c1[C@H](CC1CC1)N1CCNCC1. The molecule has 1 aliphatic carbocycles. The van der Waals surface area contributed by atoms with Gasteiger partial charge in [0.05, 0.1) is 15.5 Å². The average molecular weight is 326 g/mol. The maximum absolute atomic E-state index is 11.4. The number of aromatic hydroxyl groups is 1. The molecule has 0 unspecified atom stereocenters. The van der Waals surface area contributed by atoms with Gasteiger partial charge in [0, 0.05) is 38.3 Å². The number of piperazine rings is 1. The van der Waals surface area contributed by atoms with Crippen molar-refractivity contribution in [2.75, 3.05) is 26.2 Å². The topological polar surface area (TPSA) is 78.6 Å². The molecule has 1 aromatic carbocycles. The molecule has 2 N–H and O–H groups in total. The lowest BCUT2D eigenvalue weighted by Crippen LogP contribution is -2.45. The number of nitrogens with one attached hydrogen (secondary N) is 1. The molecular formula is C15H20ClN3O3. The van der Waals surface area contributed by atoms with Gasteiger partial charge in [0.15, 0.2) is 0 Å². The van der Waals surface area contributed by atoms with Gasteiger partial charge >= 0.3 is 0 Å². The van der Waals surface area contributed by atoms with Crippen LogP contribution in [0, 0.1) is 16.0 Å². The minimum absolute atomic E-state index is 0.0360. The maximum Gasteiger partial charge on any atom is 0.278 e. The molecule has 1 aliphatic heterocycles. The third-order valence-electron chi connectivity index (χ3n) is 4.52. The highest BCUT2D eigenvalue weighted by atomic mass is 35.5. The van der Waals surface area contributed by atoms with Crippen LogP contribution in [0.4, 0.5) is 5.69 Å². The van der Waals surface area contributed by atoms with Crippen LogP contribution in [0.2, 0.25) is 5.02 Å². The van der Waals surface area contributed by atoms with E-state index in [4.69, 9.17) is 11.6 Å². The summed E-state index contributed by atoms with van der Waals surface area (Å²) >= 11 is 6.02. The molecule has 7 heteroatoms. The van der Waals surface area contributed by atoms with Crippen molar-refractivity contribution in [2.24, 2.45) is 5.92 Å². The molecule has 0 aromatic heterocycles. The van der Waals surface area contributed by atoms with E-state index in [0.717, 1.165) is 45.4 Å². The number of hydrogen-bond acceptors (Lipinski definition) is 5. The lowest BCUT2D eigenvalue weighted by Gasteiger charge is -2.35. The molecule has 1 saturated carbocycles. The van der Waals surface area contributed by atoms with Crippen LogP contribution in [-0.2, 0) is 0 Å². The summed E-state index contributed by atoms with van der Waals surface area (Å²) in [5.74, 6) is 0.456. The summed E-state index contributed by atoms with van der Waals surface area (Å²) in [5.41, 5.74) is 0.345. The summed E-state index contributed by atoms with van der Waals surface area (Å²) in [6, 6.07) is 2.65. The van der Waals surface area contributed by atoms with E-state index in [1.54, 1.807) is 0 Å². The summed E-state index contributed by atoms with van der Waals surface area (Å²) in [5, 5.41) is 25.2. The largest absolute Gasteiger partial charge is 0.506 e. The predicted octanol–water partition coefficient (Wildman–Crippen LogP) is 2.70. The van der Waals surface area contributed by atoms with Crippen LogP contribution in [0.3, 0.4) is 0 Å². The Morgan fingerprint density at radius 2 is 2.09 bits per heavy atom. The van der Waals surface area contributed by atoms with Crippen molar-refractivity contribution in [2.45, 2.75) is 25.3 Å². The van der Waals surface area contributed by atoms with Crippen LogP contribution in [-0.4, -0.2) is 41.1 Å². The molecular weight excluding hydrogens is 306 g/mol. The van der Waals surface area contributed by atoms with Gasteiger partial charge in [-0.15, -0.1) is 0 Å². The second kappa shape index (κ2) is 6.40. The van der Waals surface area contributed by atoms with Crippen molar-refractivity contribution >= 4 is 17.3 Å². The van der Waals surface area contributed by atoms with E-state index in [0.29, 0.717) is 11.5 Å². The van der Waals surface area contributed by atoms with Crippen LogP contribution in [0.15, 0.2) is 12.1 Å². The second-order valence-corrected chi connectivity index (χ2v) is 6.47. The van der Waals surface area contributed by atoms with Crippen molar-refractivity contribution in [3.05, 3.63) is 32.8 Å². The number of phenols is 1. The average Bonchev–Trinajstić information content (AvgIpc) is 3.32. The van der Waals surface area contributed by atoms with Crippen molar-refractivity contribution in [1.29, 1.82) is 0 Å². The van der Waals surface area contributed by atoms with Gasteiger partial charge in [-0.05, 0) is 18.4 Å². The quantitative estimate of drug-likeness (QED) is 0.643. The number of rotatable bonds is 5. The summed E-state index contributed by atoms with van der Waals surface area (Å²) in [4.78, 5) is 13.2. The summed E-state index contributed by atoms with van der Waals surface area (Å²) < 4.78 is 0. The maximum atomic E-state index is 11.4. The van der Waals surface area contributed by atoms with Crippen LogP contribution < -0.4 is 5.32 Å². The number of hydrogen-bond donors (Lipinski definition) is 2. The normalized spacial score (nSPS) is 20.8. The van der Waals surface area contributed by atoms with Crippen LogP contribution in [0.5, 0.6) is 5.75 Å². The Kier molecular flexibility index (Phi) is 4.52. The molecule has 1 heterocycles. The summed E-state index contributed by atoms with van der Waals surface area (Å²) in [6.07, 6.45) is 3.17. The zero-order chi connectivity index (χ0) is 15.7. The molecule has 6 nitrogen and oxygen atoms in total. The molecule has 1 aromatic rings. The number of halogens is 1. The molecule has 120 valence electrons. The first-order valence-electron chi connectivity index (χ1n) is 7.68. The molecule has 2 fully saturated rings.